The number of benzene rings is 3. The minimum absolute atomic E-state index is 0.000548. The monoisotopic (exact) mass is 375 g/mol. The summed E-state index contributed by atoms with van der Waals surface area (Å²) in [5.74, 6) is 0.852. The van der Waals surface area contributed by atoms with Gasteiger partial charge in [0, 0.05) is 11.3 Å². The maximum absolute atomic E-state index is 12.8. The molecule has 3 aromatic carbocycles. The highest BCUT2D eigenvalue weighted by Crippen LogP contribution is 2.27. The molecule has 0 aliphatic carbocycles. The summed E-state index contributed by atoms with van der Waals surface area (Å²) in [5.41, 5.74) is 2.94. The average Bonchev–Trinajstić information content (AvgIpc) is 2.75. The molecule has 0 aliphatic rings. The van der Waals surface area contributed by atoms with Gasteiger partial charge in [0.05, 0.1) is 7.05 Å². The number of nitrogens with one attached hydrogen (secondary N) is 2. The highest BCUT2D eigenvalue weighted by atomic mass is 16.5. The number of likely N-dealkylation sites (N-methyl/N-ethyl adjacent to an activating group) is 1. The Kier molecular flexibility index (Phi) is 6.82. The second-order valence-corrected chi connectivity index (χ2v) is 6.88. The summed E-state index contributed by atoms with van der Waals surface area (Å²) in [5, 5.41) is 3.10. The molecule has 2 N–H and O–H groups in total. The normalized spacial score (nSPS) is 12.8. The van der Waals surface area contributed by atoms with Gasteiger partial charge in [-0.2, -0.15) is 0 Å². The largest absolute Gasteiger partial charge is 0.488 e. The van der Waals surface area contributed by atoms with Crippen LogP contribution in [0.4, 0.5) is 5.69 Å². The number of ether oxygens (including phenoxy) is 1. The van der Waals surface area contributed by atoms with Gasteiger partial charge in [0.2, 0.25) is 0 Å². The number of carbonyl (C=O) groups is 1. The van der Waals surface area contributed by atoms with E-state index in [2.05, 4.69) is 5.32 Å². The molecule has 3 aromatic rings. The molecular formula is C24H27N2O2+. The van der Waals surface area contributed by atoms with Crippen molar-refractivity contribution in [2.24, 2.45) is 0 Å². The summed E-state index contributed by atoms with van der Waals surface area (Å²) in [6.07, 6.45) is 0. The van der Waals surface area contributed by atoms with Gasteiger partial charge in [-0.1, -0.05) is 66.7 Å². The van der Waals surface area contributed by atoms with Crippen LogP contribution in [0.2, 0.25) is 0 Å². The van der Waals surface area contributed by atoms with Crippen molar-refractivity contribution in [3.8, 4) is 16.9 Å². The maximum atomic E-state index is 12.8. The number of anilines is 1. The van der Waals surface area contributed by atoms with Crippen LogP contribution < -0.4 is 15.0 Å². The molecule has 0 saturated heterocycles. The van der Waals surface area contributed by atoms with Gasteiger partial charge in [-0.05, 0) is 30.7 Å². The summed E-state index contributed by atoms with van der Waals surface area (Å²) in [4.78, 5) is 13.9. The van der Waals surface area contributed by atoms with Crippen molar-refractivity contribution >= 4 is 11.6 Å². The van der Waals surface area contributed by atoms with E-state index in [-0.39, 0.29) is 11.9 Å². The lowest BCUT2D eigenvalue weighted by molar-refractivity contribution is -0.894. The van der Waals surface area contributed by atoms with Crippen LogP contribution in [0.25, 0.3) is 11.1 Å². The van der Waals surface area contributed by atoms with Crippen LogP contribution in [0.15, 0.2) is 84.9 Å². The summed E-state index contributed by atoms with van der Waals surface area (Å²) in [6, 6.07) is 27.5. The first-order chi connectivity index (χ1) is 13.6. The van der Waals surface area contributed by atoms with Crippen molar-refractivity contribution in [2.45, 2.75) is 13.0 Å². The van der Waals surface area contributed by atoms with E-state index in [1.807, 2.05) is 98.9 Å². The lowest BCUT2D eigenvalue weighted by Crippen LogP contribution is -3.14. The number of amides is 1. The molecular weight excluding hydrogens is 348 g/mol. The Labute approximate surface area is 166 Å². The molecule has 3 rings (SSSR count). The Morgan fingerprint density at radius 2 is 1.54 bits per heavy atom. The molecule has 0 radical (unpaired) electrons. The third-order valence-corrected chi connectivity index (χ3v) is 4.91. The summed E-state index contributed by atoms with van der Waals surface area (Å²) < 4.78 is 5.75. The van der Waals surface area contributed by atoms with E-state index in [9.17, 15) is 4.79 Å². The molecule has 0 aromatic heterocycles. The third kappa shape index (κ3) is 5.21. The van der Waals surface area contributed by atoms with Gasteiger partial charge in [0.15, 0.2) is 6.04 Å². The molecule has 1 amide bonds. The van der Waals surface area contributed by atoms with Gasteiger partial charge in [0.25, 0.3) is 5.91 Å². The predicted octanol–water partition coefficient (Wildman–Crippen LogP) is 3.27. The summed E-state index contributed by atoms with van der Waals surface area (Å²) in [6.45, 7) is 3.25. The molecule has 0 spiro atoms. The summed E-state index contributed by atoms with van der Waals surface area (Å²) >= 11 is 0. The van der Waals surface area contributed by atoms with Crippen molar-refractivity contribution in [1.82, 2.24) is 0 Å². The highest BCUT2D eigenvalue weighted by Gasteiger charge is 2.22. The number of quaternary nitrogens is 1. The topological polar surface area (TPSA) is 42.8 Å². The van der Waals surface area contributed by atoms with Gasteiger partial charge in [-0.25, -0.2) is 0 Å². The zero-order chi connectivity index (χ0) is 19.8. The molecule has 0 bridgehead atoms. The van der Waals surface area contributed by atoms with Crippen LogP contribution in [0, 0.1) is 0 Å². The van der Waals surface area contributed by atoms with Crippen molar-refractivity contribution in [1.29, 1.82) is 0 Å². The molecule has 0 fully saturated rings. The molecule has 0 aliphatic heterocycles. The minimum atomic E-state index is -0.191. The van der Waals surface area contributed by atoms with Crippen LogP contribution in [0.5, 0.6) is 5.75 Å². The molecule has 1 unspecified atom stereocenters. The van der Waals surface area contributed by atoms with E-state index in [0.717, 1.165) is 34.0 Å². The van der Waals surface area contributed by atoms with Gasteiger partial charge >= 0.3 is 0 Å². The fourth-order valence-corrected chi connectivity index (χ4v) is 2.99. The zero-order valence-corrected chi connectivity index (χ0v) is 16.4. The third-order valence-electron chi connectivity index (χ3n) is 4.91. The first-order valence-electron chi connectivity index (χ1n) is 9.60. The summed E-state index contributed by atoms with van der Waals surface area (Å²) in [7, 11) is 2.02. The molecule has 144 valence electrons. The smallest absolute Gasteiger partial charge is 0.282 e. The Balaban J connectivity index is 1.58. The SMILES string of the molecule is C[C@H](C(=O)Nc1ccccc1-c1ccccc1)[NH+](C)CCOc1ccccc1. The van der Waals surface area contributed by atoms with Crippen LogP contribution >= 0.6 is 0 Å². The van der Waals surface area contributed by atoms with E-state index < -0.39 is 0 Å². The van der Waals surface area contributed by atoms with E-state index in [1.54, 1.807) is 0 Å². The number of para-hydroxylation sites is 2. The quantitative estimate of drug-likeness (QED) is 0.635. The van der Waals surface area contributed by atoms with Crippen LogP contribution in [-0.2, 0) is 4.79 Å². The lowest BCUT2D eigenvalue weighted by Gasteiger charge is -2.22. The molecule has 28 heavy (non-hydrogen) atoms. The van der Waals surface area contributed by atoms with Crippen LogP contribution in [0.3, 0.4) is 0 Å². The van der Waals surface area contributed by atoms with Crippen LogP contribution in [0.1, 0.15) is 6.92 Å². The Morgan fingerprint density at radius 3 is 2.25 bits per heavy atom. The molecule has 0 saturated carbocycles. The molecule has 4 heteroatoms. The Morgan fingerprint density at radius 1 is 0.929 bits per heavy atom. The second-order valence-electron chi connectivity index (χ2n) is 6.88. The van der Waals surface area contributed by atoms with E-state index >= 15 is 0 Å². The fourth-order valence-electron chi connectivity index (χ4n) is 2.99. The first kappa shape index (κ1) is 19.6. The standard InChI is InChI=1S/C24H26N2O2/c1-19(26(2)17-18-28-21-13-7-4-8-14-21)24(27)25-23-16-10-9-15-22(23)20-11-5-3-6-12-20/h3-16,19H,17-18H2,1-2H3,(H,25,27)/p+1/t19-/m1/s1. The first-order valence-corrected chi connectivity index (χ1v) is 9.60. The number of hydrogen-bond donors (Lipinski definition) is 2. The van der Waals surface area contributed by atoms with Crippen molar-refractivity contribution in [2.75, 3.05) is 25.5 Å². The van der Waals surface area contributed by atoms with Crippen molar-refractivity contribution in [3.63, 3.8) is 0 Å². The van der Waals surface area contributed by atoms with Gasteiger partial charge in [0.1, 0.15) is 18.9 Å². The van der Waals surface area contributed by atoms with E-state index in [4.69, 9.17) is 4.74 Å². The Hall–Kier alpha value is -3.11. The average molecular weight is 375 g/mol. The molecule has 2 atom stereocenters. The Bertz CT molecular complexity index is 881. The van der Waals surface area contributed by atoms with Gasteiger partial charge in [-0.3, -0.25) is 4.79 Å². The predicted molar refractivity (Wildman–Crippen MR) is 114 cm³/mol. The van der Waals surface area contributed by atoms with Crippen molar-refractivity contribution in [3.05, 3.63) is 84.9 Å². The zero-order valence-electron chi connectivity index (χ0n) is 16.4. The van der Waals surface area contributed by atoms with Crippen molar-refractivity contribution < 1.29 is 14.4 Å². The molecule has 0 heterocycles. The second kappa shape index (κ2) is 9.72. The number of carbonyl (C=O) groups excluding carboxylic acids is 1. The number of hydrogen-bond acceptors (Lipinski definition) is 2. The maximum Gasteiger partial charge on any atom is 0.282 e. The lowest BCUT2D eigenvalue weighted by atomic mass is 10.0. The van der Waals surface area contributed by atoms with E-state index in [0.29, 0.717) is 6.61 Å². The fraction of sp³-hybridized carbons (Fsp3) is 0.208. The van der Waals surface area contributed by atoms with E-state index in [1.165, 1.54) is 0 Å². The minimum Gasteiger partial charge on any atom is -0.488 e. The number of rotatable bonds is 8. The van der Waals surface area contributed by atoms with Gasteiger partial charge < -0.3 is 15.0 Å². The molecule has 4 nitrogen and oxygen atoms in total. The highest BCUT2D eigenvalue weighted by molar-refractivity contribution is 5.97. The van der Waals surface area contributed by atoms with Crippen LogP contribution in [-0.4, -0.2) is 32.1 Å². The van der Waals surface area contributed by atoms with Gasteiger partial charge in [-0.15, -0.1) is 0 Å².